The fourth-order valence-corrected chi connectivity index (χ4v) is 0. The van der Waals surface area contributed by atoms with Crippen molar-refractivity contribution in [2.45, 2.75) is 0 Å². The second-order valence-corrected chi connectivity index (χ2v) is 3.50. The van der Waals surface area contributed by atoms with Crippen LogP contribution in [0.5, 0.6) is 0 Å². The first-order valence-electron chi connectivity index (χ1n) is 0.683. The Balaban J connectivity index is -0.0000000800. The van der Waals surface area contributed by atoms with E-state index in [4.69, 9.17) is 14.3 Å². The molecule has 5 nitrogen and oxygen atoms in total. The first-order chi connectivity index (χ1) is 2.00. The van der Waals surface area contributed by atoms with Crippen molar-refractivity contribution in [2.75, 3.05) is 0 Å². The number of rotatable bonds is 0. The van der Waals surface area contributed by atoms with Crippen molar-refractivity contribution in [3.63, 3.8) is 0 Å². The molecule has 0 bridgehead atoms. The maximum atomic E-state index is 8.76. The van der Waals surface area contributed by atoms with E-state index in [2.05, 4.69) is 0 Å². The first kappa shape index (κ1) is 15.7. The van der Waals surface area contributed by atoms with E-state index in [-0.39, 0.29) is 31.3 Å². The first-order valence-corrected chi connectivity index (χ1v) is 5.59. The van der Waals surface area contributed by atoms with E-state index in [0.717, 1.165) is 0 Å². The molecule has 0 atom stereocenters. The second-order valence-electron chi connectivity index (χ2n) is 0.428. The van der Waals surface area contributed by atoms with Crippen molar-refractivity contribution in [3.8, 4) is 0 Å². The minimum atomic E-state index is -5.92. The summed E-state index contributed by atoms with van der Waals surface area (Å²) in [7, 11) is 0. The van der Waals surface area contributed by atoms with Crippen molar-refractivity contribution in [3.05, 3.63) is 0 Å². The number of hydrogen-bond acceptors (Lipinski definition) is 3. The molecule has 0 radical (unpaired) electrons. The average molecular weight is 380 g/mol. The SMILES string of the molecule is [In+3].[O-2].[O]=[W](=[O])([O-])[OH]. The Bertz CT molecular complexity index is 91.2. The van der Waals surface area contributed by atoms with Gasteiger partial charge in [0.1, 0.15) is 0 Å². The summed E-state index contributed by atoms with van der Waals surface area (Å²) in [6, 6.07) is 0. The molecule has 0 aliphatic rings. The molecule has 1 N–H and O–H groups in total. The van der Waals surface area contributed by atoms with E-state index in [9.17, 15) is 0 Å². The summed E-state index contributed by atoms with van der Waals surface area (Å²) in [4.78, 5) is 0. The van der Waals surface area contributed by atoms with Gasteiger partial charge in [-0.25, -0.2) is 0 Å². The Morgan fingerprint density at radius 1 is 1.43 bits per heavy atom. The molecule has 40 valence electrons. The predicted molar refractivity (Wildman–Crippen MR) is 10.0 cm³/mol. The summed E-state index contributed by atoms with van der Waals surface area (Å²) in [5.41, 5.74) is 0. The van der Waals surface area contributed by atoms with Crippen LogP contribution in [-0.2, 0) is 29.0 Å². The molecule has 0 aliphatic carbocycles. The zero-order valence-corrected chi connectivity index (χ0v) is 9.29. The van der Waals surface area contributed by atoms with E-state index < -0.39 is 16.7 Å². The van der Waals surface area contributed by atoms with Crippen LogP contribution in [0.1, 0.15) is 0 Å². The van der Waals surface area contributed by atoms with Gasteiger partial charge in [-0.1, -0.05) is 0 Å². The van der Waals surface area contributed by atoms with Crippen LogP contribution in [0.25, 0.3) is 0 Å². The Kier molecular flexibility index (Phi) is 11.6. The van der Waals surface area contributed by atoms with Gasteiger partial charge in [0.25, 0.3) is 0 Å². The average Bonchev–Trinajstić information content (AvgIpc) is 0.722. The maximum absolute atomic E-state index is 8.76. The van der Waals surface area contributed by atoms with Gasteiger partial charge in [-0.3, -0.25) is 0 Å². The van der Waals surface area contributed by atoms with Crippen LogP contribution in [0, 0.1) is 0 Å². The van der Waals surface area contributed by atoms with Crippen LogP contribution in [0.4, 0.5) is 0 Å². The van der Waals surface area contributed by atoms with Gasteiger partial charge in [0, 0.05) is 0 Å². The van der Waals surface area contributed by atoms with Crippen LogP contribution in [0.15, 0.2) is 0 Å². The summed E-state index contributed by atoms with van der Waals surface area (Å²) >= 11 is -5.92. The molecular weight excluding hydrogens is 379 g/mol. The molecule has 0 aliphatic heterocycles. The fraction of sp³-hybridized carbons (Fsp3) is 0. The predicted octanol–water partition coefficient (Wildman–Crippen LogP) is -2.49. The topological polar surface area (TPSA) is 106 Å². The van der Waals surface area contributed by atoms with Crippen LogP contribution in [0.3, 0.4) is 0 Å². The van der Waals surface area contributed by atoms with Gasteiger partial charge in [-0.05, 0) is 0 Å². The zero-order chi connectivity index (χ0) is 4.50. The van der Waals surface area contributed by atoms with E-state index >= 15 is 0 Å². The van der Waals surface area contributed by atoms with Crippen molar-refractivity contribution in [1.29, 1.82) is 0 Å². The molecule has 0 unspecified atom stereocenters. The summed E-state index contributed by atoms with van der Waals surface area (Å²) in [5, 5.41) is 0. The van der Waals surface area contributed by atoms with Crippen LogP contribution in [0.2, 0.25) is 0 Å². The van der Waals surface area contributed by atoms with Crippen molar-refractivity contribution >= 4 is 25.8 Å². The van der Waals surface area contributed by atoms with Gasteiger partial charge in [-0.2, -0.15) is 0 Å². The Hall–Kier alpha value is 1.04. The Labute approximate surface area is 62.2 Å². The van der Waals surface area contributed by atoms with Crippen molar-refractivity contribution in [1.82, 2.24) is 0 Å². The van der Waals surface area contributed by atoms with E-state index in [1.807, 2.05) is 0 Å². The Morgan fingerprint density at radius 3 is 1.43 bits per heavy atom. The summed E-state index contributed by atoms with van der Waals surface area (Å²) in [6.45, 7) is 0. The molecule has 0 saturated carbocycles. The van der Waals surface area contributed by atoms with Gasteiger partial charge in [-0.15, -0.1) is 0 Å². The summed E-state index contributed by atoms with van der Waals surface area (Å²) in [6.07, 6.45) is 0. The summed E-state index contributed by atoms with van der Waals surface area (Å²) in [5.74, 6) is 0. The monoisotopic (exact) mass is 380 g/mol. The molecule has 7 heteroatoms. The van der Waals surface area contributed by atoms with Crippen molar-refractivity contribution < 1.29 is 36.5 Å². The van der Waals surface area contributed by atoms with Crippen LogP contribution < -0.4 is 3.76 Å². The third kappa shape index (κ3) is 166. The molecule has 0 amide bonds. The fourth-order valence-electron chi connectivity index (χ4n) is 0. The summed E-state index contributed by atoms with van der Waals surface area (Å²) < 4.78 is 33.3. The third-order valence-corrected chi connectivity index (χ3v) is 0. The number of hydrogen-bond donors (Lipinski definition) is 1. The van der Waals surface area contributed by atoms with Gasteiger partial charge < -0.3 is 5.48 Å². The molecule has 7 heavy (non-hydrogen) atoms. The minimum absolute atomic E-state index is 0. The zero-order valence-electron chi connectivity index (χ0n) is 3.07. The van der Waals surface area contributed by atoms with Crippen LogP contribution in [-0.4, -0.2) is 29.6 Å². The van der Waals surface area contributed by atoms with E-state index in [0.29, 0.717) is 0 Å². The Morgan fingerprint density at radius 2 is 1.43 bits per heavy atom. The molecule has 0 fully saturated rings. The molecule has 0 saturated heterocycles. The molecule has 0 heterocycles. The van der Waals surface area contributed by atoms with Gasteiger partial charge >= 0.3 is 56.9 Å². The van der Waals surface area contributed by atoms with E-state index in [1.165, 1.54) is 0 Å². The van der Waals surface area contributed by atoms with Gasteiger partial charge in [0.15, 0.2) is 0 Å². The standard InChI is InChI=1S/In.H2O.4O.W/h;1H2;;;;;/q+3;;;;-2;-1;+1/p-1. The molecule has 0 aromatic carbocycles. The van der Waals surface area contributed by atoms with Crippen molar-refractivity contribution in [2.24, 2.45) is 0 Å². The molecule has 0 aromatic rings. The van der Waals surface area contributed by atoms with Gasteiger partial charge in [0.2, 0.25) is 0 Å². The molecule has 0 spiro atoms. The molecule has 0 rings (SSSR count). The quantitative estimate of drug-likeness (QED) is 0.503. The normalized spacial score (nSPS) is 8.29. The molecule has 0 aromatic heterocycles. The second kappa shape index (κ2) is 5.18. The van der Waals surface area contributed by atoms with Gasteiger partial charge in [0.05, 0.1) is 0 Å². The van der Waals surface area contributed by atoms with Crippen LogP contribution >= 0.6 is 0 Å². The van der Waals surface area contributed by atoms with E-state index in [1.54, 1.807) is 0 Å². The third-order valence-electron chi connectivity index (χ3n) is 0. The molecular formula is HInO5W.